The number of halogens is 2. The van der Waals surface area contributed by atoms with Crippen LogP contribution in [0.15, 0.2) is 55.0 Å². The summed E-state index contributed by atoms with van der Waals surface area (Å²) in [5.41, 5.74) is 2.13. The molecule has 7 heteroatoms. The van der Waals surface area contributed by atoms with Crippen LogP contribution < -0.4 is 0 Å². The molecule has 0 saturated carbocycles. The Hall–Kier alpha value is -3.06. The minimum absolute atomic E-state index is 0.0234. The van der Waals surface area contributed by atoms with Crippen molar-refractivity contribution in [3.05, 3.63) is 89.0 Å². The summed E-state index contributed by atoms with van der Waals surface area (Å²) in [6.45, 7) is 0.761. The van der Waals surface area contributed by atoms with Crippen LogP contribution >= 0.6 is 0 Å². The van der Waals surface area contributed by atoms with Gasteiger partial charge in [0.05, 0.1) is 30.8 Å². The molecule has 3 rings (SSSR count). The fraction of sp³-hybridized carbons (Fsp3) is 0.158. The van der Waals surface area contributed by atoms with Crippen molar-refractivity contribution in [3.63, 3.8) is 0 Å². The largest absolute Gasteiger partial charge is 0.478 e. The maximum atomic E-state index is 13.5. The van der Waals surface area contributed by atoms with Gasteiger partial charge in [0.15, 0.2) is 0 Å². The van der Waals surface area contributed by atoms with E-state index in [1.165, 1.54) is 12.1 Å². The first-order valence-corrected chi connectivity index (χ1v) is 7.86. The van der Waals surface area contributed by atoms with Gasteiger partial charge in [-0.3, -0.25) is 0 Å². The fourth-order valence-corrected chi connectivity index (χ4v) is 2.44. The molecule has 1 N–H and O–H groups in total. The van der Waals surface area contributed by atoms with Gasteiger partial charge in [-0.1, -0.05) is 18.2 Å². The summed E-state index contributed by atoms with van der Waals surface area (Å²) < 4.78 is 33.6. The lowest BCUT2D eigenvalue weighted by Gasteiger charge is -2.04. The van der Waals surface area contributed by atoms with E-state index in [4.69, 9.17) is 9.84 Å². The van der Waals surface area contributed by atoms with Crippen LogP contribution in [0, 0.1) is 11.6 Å². The second kappa shape index (κ2) is 7.88. The zero-order chi connectivity index (χ0) is 18.5. The summed E-state index contributed by atoms with van der Waals surface area (Å²) >= 11 is 0. The molecule has 1 heterocycles. The van der Waals surface area contributed by atoms with E-state index >= 15 is 0 Å². The van der Waals surface area contributed by atoms with Crippen molar-refractivity contribution in [1.29, 1.82) is 0 Å². The zero-order valence-electron chi connectivity index (χ0n) is 13.7. The molecule has 5 nitrogen and oxygen atoms in total. The molecule has 3 aromatic rings. The lowest BCUT2D eigenvalue weighted by atomic mass is 10.1. The third-order valence-electron chi connectivity index (χ3n) is 3.78. The second-order valence-corrected chi connectivity index (χ2v) is 5.77. The average Bonchev–Trinajstić information content (AvgIpc) is 3.04. The Bertz CT molecular complexity index is 907. The van der Waals surface area contributed by atoms with Gasteiger partial charge in [-0.25, -0.2) is 18.6 Å². The zero-order valence-corrected chi connectivity index (χ0v) is 13.7. The molecule has 0 radical (unpaired) electrons. The fourth-order valence-electron chi connectivity index (χ4n) is 2.44. The van der Waals surface area contributed by atoms with Crippen molar-refractivity contribution in [3.8, 4) is 0 Å². The maximum Gasteiger partial charge on any atom is 0.335 e. The lowest BCUT2D eigenvalue weighted by molar-refractivity contribution is 0.0697. The number of carboxylic acids is 1. The molecular weight excluding hydrogens is 342 g/mol. The van der Waals surface area contributed by atoms with Crippen LogP contribution in [0.25, 0.3) is 0 Å². The Kier molecular flexibility index (Phi) is 5.38. The highest BCUT2D eigenvalue weighted by Crippen LogP contribution is 2.12. The monoisotopic (exact) mass is 358 g/mol. The van der Waals surface area contributed by atoms with Crippen LogP contribution in [0.1, 0.15) is 27.2 Å². The Labute approximate surface area is 148 Å². The van der Waals surface area contributed by atoms with E-state index in [-0.39, 0.29) is 24.3 Å². The Morgan fingerprint density at radius 2 is 1.88 bits per heavy atom. The standard InChI is InChI=1S/C19H16F2N2O3/c20-16-6-5-15(18(21)7-16)10-26-11-17-9-23(12-22-17)8-13-1-3-14(4-2-13)19(24)25/h1-7,9,12H,8,10-11H2,(H,24,25). The molecule has 0 bridgehead atoms. The molecule has 134 valence electrons. The third-order valence-corrected chi connectivity index (χ3v) is 3.78. The summed E-state index contributed by atoms with van der Waals surface area (Å²) in [5, 5.41) is 8.89. The minimum Gasteiger partial charge on any atom is -0.478 e. The number of hydrogen-bond donors (Lipinski definition) is 1. The van der Waals surface area contributed by atoms with E-state index in [0.29, 0.717) is 12.2 Å². The molecule has 1 aromatic heterocycles. The molecular formula is C19H16F2N2O3. The summed E-state index contributed by atoms with van der Waals surface area (Å²) in [4.78, 5) is 15.1. The smallest absolute Gasteiger partial charge is 0.335 e. The molecule has 26 heavy (non-hydrogen) atoms. The van der Waals surface area contributed by atoms with Crippen molar-refractivity contribution < 1.29 is 23.4 Å². The Morgan fingerprint density at radius 3 is 2.58 bits per heavy atom. The van der Waals surface area contributed by atoms with E-state index in [0.717, 1.165) is 11.6 Å². The van der Waals surface area contributed by atoms with Crippen molar-refractivity contribution in [2.24, 2.45) is 0 Å². The van der Waals surface area contributed by atoms with Crippen molar-refractivity contribution >= 4 is 5.97 Å². The number of ether oxygens (including phenoxy) is 1. The quantitative estimate of drug-likeness (QED) is 0.701. The molecule has 0 aliphatic carbocycles. The number of aromatic carboxylic acids is 1. The number of imidazole rings is 1. The van der Waals surface area contributed by atoms with Gasteiger partial charge in [0, 0.05) is 24.4 Å². The van der Waals surface area contributed by atoms with Crippen molar-refractivity contribution in [2.75, 3.05) is 0 Å². The predicted molar refractivity (Wildman–Crippen MR) is 89.6 cm³/mol. The van der Waals surface area contributed by atoms with Gasteiger partial charge in [0.2, 0.25) is 0 Å². The molecule has 0 amide bonds. The summed E-state index contributed by atoms with van der Waals surface area (Å²) in [6.07, 6.45) is 3.44. The van der Waals surface area contributed by atoms with E-state index in [9.17, 15) is 13.6 Å². The molecule has 0 unspecified atom stereocenters. The Balaban J connectivity index is 1.53. The van der Waals surface area contributed by atoms with Gasteiger partial charge in [-0.2, -0.15) is 0 Å². The molecule has 0 aliphatic heterocycles. The maximum absolute atomic E-state index is 13.5. The van der Waals surface area contributed by atoms with Gasteiger partial charge >= 0.3 is 5.97 Å². The number of benzene rings is 2. The average molecular weight is 358 g/mol. The number of carboxylic acid groups (broad SMARTS) is 1. The van der Waals surface area contributed by atoms with E-state index < -0.39 is 17.6 Å². The van der Waals surface area contributed by atoms with E-state index in [1.807, 2.05) is 4.57 Å². The topological polar surface area (TPSA) is 64.3 Å². The minimum atomic E-state index is -0.962. The lowest BCUT2D eigenvalue weighted by Crippen LogP contribution is -2.00. The van der Waals surface area contributed by atoms with Gasteiger partial charge < -0.3 is 14.4 Å². The molecule has 2 aromatic carbocycles. The third kappa shape index (κ3) is 4.52. The Morgan fingerprint density at radius 1 is 1.12 bits per heavy atom. The number of carbonyl (C=O) groups is 1. The highest BCUT2D eigenvalue weighted by Gasteiger charge is 2.06. The summed E-state index contributed by atoms with van der Waals surface area (Å²) in [7, 11) is 0. The molecule has 0 aliphatic rings. The first-order chi connectivity index (χ1) is 12.5. The second-order valence-electron chi connectivity index (χ2n) is 5.77. The SMILES string of the molecule is O=C(O)c1ccc(Cn2cnc(COCc3ccc(F)cc3F)c2)cc1. The number of hydrogen-bond acceptors (Lipinski definition) is 3. The van der Waals surface area contributed by atoms with Gasteiger partial charge in [-0.05, 0) is 23.8 Å². The van der Waals surface area contributed by atoms with Crippen LogP contribution in [-0.4, -0.2) is 20.6 Å². The van der Waals surface area contributed by atoms with Crippen LogP contribution in [0.2, 0.25) is 0 Å². The first kappa shape index (κ1) is 17.8. The number of nitrogens with zero attached hydrogens (tertiary/aromatic N) is 2. The number of rotatable bonds is 7. The van der Waals surface area contributed by atoms with Crippen molar-refractivity contribution in [2.45, 2.75) is 19.8 Å². The van der Waals surface area contributed by atoms with Crippen LogP contribution in [-0.2, 0) is 24.5 Å². The number of aromatic nitrogens is 2. The highest BCUT2D eigenvalue weighted by atomic mass is 19.1. The molecule has 0 spiro atoms. The predicted octanol–water partition coefficient (Wildman–Crippen LogP) is 3.62. The molecule has 0 saturated heterocycles. The van der Waals surface area contributed by atoms with Crippen LogP contribution in [0.4, 0.5) is 8.78 Å². The van der Waals surface area contributed by atoms with Gasteiger partial charge in [0.1, 0.15) is 11.6 Å². The first-order valence-electron chi connectivity index (χ1n) is 7.86. The van der Waals surface area contributed by atoms with Crippen LogP contribution in [0.5, 0.6) is 0 Å². The van der Waals surface area contributed by atoms with Crippen LogP contribution in [0.3, 0.4) is 0 Å². The molecule has 0 fully saturated rings. The summed E-state index contributed by atoms with van der Waals surface area (Å²) in [6, 6.07) is 9.96. The van der Waals surface area contributed by atoms with Gasteiger partial charge in [0.25, 0.3) is 0 Å². The van der Waals surface area contributed by atoms with E-state index in [1.54, 1.807) is 36.8 Å². The molecule has 0 atom stereocenters. The highest BCUT2D eigenvalue weighted by molar-refractivity contribution is 5.87. The summed E-state index contributed by atoms with van der Waals surface area (Å²) in [5.74, 6) is -2.22. The van der Waals surface area contributed by atoms with Crippen molar-refractivity contribution in [1.82, 2.24) is 9.55 Å². The normalized spacial score (nSPS) is 10.8. The van der Waals surface area contributed by atoms with Gasteiger partial charge in [-0.15, -0.1) is 0 Å². The van der Waals surface area contributed by atoms with E-state index in [2.05, 4.69) is 4.98 Å².